The number of hydrogen-bond acceptors (Lipinski definition) is 4. The zero-order chi connectivity index (χ0) is 11.0. The molecule has 0 atom stereocenters. The molecule has 0 aromatic carbocycles. The lowest BCUT2D eigenvalue weighted by atomic mass is 10.2. The smallest absolute Gasteiger partial charge is 0.178 e. The van der Waals surface area contributed by atoms with E-state index in [2.05, 4.69) is 20.3 Å². The summed E-state index contributed by atoms with van der Waals surface area (Å²) in [5.74, 6) is 0.714. The van der Waals surface area contributed by atoms with Gasteiger partial charge in [-0.3, -0.25) is 4.98 Å². The van der Waals surface area contributed by atoms with Crippen LogP contribution in [-0.4, -0.2) is 15.0 Å². The van der Waals surface area contributed by atoms with Gasteiger partial charge < -0.3 is 5.32 Å². The standard InChI is InChI=1S/C12H12N4/c1-8-2-3-14-10(4-8)12-15-6-9-5-13-7-11(9)16-12/h2-4,6,13H,5,7H2,1H3. The molecule has 0 aliphatic carbocycles. The summed E-state index contributed by atoms with van der Waals surface area (Å²) >= 11 is 0. The lowest BCUT2D eigenvalue weighted by Crippen LogP contribution is -2.00. The van der Waals surface area contributed by atoms with Crippen LogP contribution in [0.25, 0.3) is 11.5 Å². The van der Waals surface area contributed by atoms with Crippen LogP contribution in [0.5, 0.6) is 0 Å². The van der Waals surface area contributed by atoms with Crippen molar-refractivity contribution < 1.29 is 0 Å². The second-order valence-electron chi connectivity index (χ2n) is 3.99. The molecule has 0 radical (unpaired) electrons. The van der Waals surface area contributed by atoms with E-state index in [1.54, 1.807) is 6.20 Å². The molecule has 0 unspecified atom stereocenters. The van der Waals surface area contributed by atoms with Crippen molar-refractivity contribution in [2.75, 3.05) is 0 Å². The van der Waals surface area contributed by atoms with Crippen LogP contribution < -0.4 is 5.32 Å². The van der Waals surface area contributed by atoms with Crippen molar-refractivity contribution in [2.45, 2.75) is 20.0 Å². The molecule has 1 aliphatic rings. The van der Waals surface area contributed by atoms with Crippen molar-refractivity contribution in [3.05, 3.63) is 41.3 Å². The Morgan fingerprint density at radius 2 is 2.19 bits per heavy atom. The molecule has 80 valence electrons. The molecule has 1 aliphatic heterocycles. The molecule has 2 aromatic heterocycles. The number of aryl methyl sites for hydroxylation is 1. The first-order valence-corrected chi connectivity index (χ1v) is 5.31. The van der Waals surface area contributed by atoms with E-state index < -0.39 is 0 Å². The van der Waals surface area contributed by atoms with Gasteiger partial charge in [0.05, 0.1) is 5.69 Å². The normalized spacial score (nSPS) is 13.8. The Kier molecular flexibility index (Phi) is 2.15. The Hall–Kier alpha value is -1.81. The number of nitrogens with zero attached hydrogens (tertiary/aromatic N) is 3. The van der Waals surface area contributed by atoms with E-state index >= 15 is 0 Å². The highest BCUT2D eigenvalue weighted by atomic mass is 15.0. The first kappa shape index (κ1) is 9.42. The predicted octanol–water partition coefficient (Wildman–Crippen LogP) is 1.45. The molecular formula is C12H12N4. The maximum Gasteiger partial charge on any atom is 0.178 e. The molecule has 0 fully saturated rings. The van der Waals surface area contributed by atoms with Gasteiger partial charge in [0.25, 0.3) is 0 Å². The third-order valence-electron chi connectivity index (χ3n) is 2.71. The van der Waals surface area contributed by atoms with Gasteiger partial charge in [0.2, 0.25) is 0 Å². The lowest BCUT2D eigenvalue weighted by molar-refractivity contribution is 0.758. The van der Waals surface area contributed by atoms with Gasteiger partial charge in [0.15, 0.2) is 5.82 Å². The molecule has 0 saturated carbocycles. The van der Waals surface area contributed by atoms with E-state index in [0.29, 0.717) is 5.82 Å². The average Bonchev–Trinajstić information content (AvgIpc) is 2.75. The SMILES string of the molecule is Cc1ccnc(-c2ncc3c(n2)CNC3)c1. The van der Waals surface area contributed by atoms with Crippen molar-refractivity contribution in [1.29, 1.82) is 0 Å². The van der Waals surface area contributed by atoms with Crippen LogP contribution in [-0.2, 0) is 13.1 Å². The van der Waals surface area contributed by atoms with Gasteiger partial charge in [-0.2, -0.15) is 0 Å². The first-order valence-electron chi connectivity index (χ1n) is 5.31. The van der Waals surface area contributed by atoms with Crippen LogP contribution in [0, 0.1) is 6.92 Å². The molecule has 4 heteroatoms. The van der Waals surface area contributed by atoms with Crippen LogP contribution in [0.3, 0.4) is 0 Å². The summed E-state index contributed by atoms with van der Waals surface area (Å²) < 4.78 is 0. The van der Waals surface area contributed by atoms with Gasteiger partial charge in [-0.1, -0.05) is 0 Å². The topological polar surface area (TPSA) is 50.7 Å². The van der Waals surface area contributed by atoms with Crippen LogP contribution in [0.4, 0.5) is 0 Å². The van der Waals surface area contributed by atoms with Crippen LogP contribution in [0.1, 0.15) is 16.8 Å². The second kappa shape index (κ2) is 3.64. The summed E-state index contributed by atoms with van der Waals surface area (Å²) in [6.07, 6.45) is 3.68. The highest BCUT2D eigenvalue weighted by molar-refractivity contribution is 5.50. The monoisotopic (exact) mass is 212 g/mol. The summed E-state index contributed by atoms with van der Waals surface area (Å²) in [5, 5.41) is 3.25. The van der Waals surface area contributed by atoms with Gasteiger partial charge in [0, 0.05) is 31.0 Å². The summed E-state index contributed by atoms with van der Waals surface area (Å²) in [6.45, 7) is 3.74. The molecule has 0 bridgehead atoms. The van der Waals surface area contributed by atoms with E-state index in [9.17, 15) is 0 Å². The number of hydrogen-bond donors (Lipinski definition) is 1. The maximum atomic E-state index is 4.53. The summed E-state index contributed by atoms with van der Waals surface area (Å²) in [6, 6.07) is 3.97. The van der Waals surface area contributed by atoms with Crippen LogP contribution in [0.2, 0.25) is 0 Å². The Morgan fingerprint density at radius 1 is 1.25 bits per heavy atom. The van der Waals surface area contributed by atoms with E-state index in [1.165, 1.54) is 11.1 Å². The number of pyridine rings is 1. The molecule has 1 N–H and O–H groups in total. The molecule has 3 rings (SSSR count). The molecule has 0 spiro atoms. The van der Waals surface area contributed by atoms with E-state index in [-0.39, 0.29) is 0 Å². The number of aromatic nitrogens is 3. The Bertz CT molecular complexity index is 536. The van der Waals surface area contributed by atoms with Crippen molar-refractivity contribution >= 4 is 0 Å². The van der Waals surface area contributed by atoms with Crippen LogP contribution >= 0.6 is 0 Å². The number of fused-ring (bicyclic) bond motifs is 1. The average molecular weight is 212 g/mol. The highest BCUT2D eigenvalue weighted by Crippen LogP contribution is 2.17. The molecule has 3 heterocycles. The largest absolute Gasteiger partial charge is 0.307 e. The molecule has 2 aromatic rings. The quantitative estimate of drug-likeness (QED) is 0.777. The van der Waals surface area contributed by atoms with Crippen molar-refractivity contribution in [2.24, 2.45) is 0 Å². The maximum absolute atomic E-state index is 4.53. The predicted molar refractivity (Wildman–Crippen MR) is 60.5 cm³/mol. The fourth-order valence-corrected chi connectivity index (χ4v) is 1.84. The zero-order valence-electron chi connectivity index (χ0n) is 9.07. The summed E-state index contributed by atoms with van der Waals surface area (Å²) in [5.41, 5.74) is 4.30. The zero-order valence-corrected chi connectivity index (χ0v) is 9.07. The Labute approximate surface area is 93.8 Å². The highest BCUT2D eigenvalue weighted by Gasteiger charge is 2.13. The van der Waals surface area contributed by atoms with Crippen molar-refractivity contribution in [1.82, 2.24) is 20.3 Å². The van der Waals surface area contributed by atoms with Gasteiger partial charge >= 0.3 is 0 Å². The molecule has 16 heavy (non-hydrogen) atoms. The van der Waals surface area contributed by atoms with Gasteiger partial charge in [0.1, 0.15) is 5.69 Å². The third-order valence-corrected chi connectivity index (χ3v) is 2.71. The molecule has 4 nitrogen and oxygen atoms in total. The molecule has 0 amide bonds. The van der Waals surface area contributed by atoms with E-state index in [0.717, 1.165) is 24.5 Å². The minimum Gasteiger partial charge on any atom is -0.307 e. The number of rotatable bonds is 1. The van der Waals surface area contributed by atoms with Crippen LogP contribution in [0.15, 0.2) is 24.5 Å². The first-order chi connectivity index (χ1) is 7.83. The Balaban J connectivity index is 2.07. The second-order valence-corrected chi connectivity index (χ2v) is 3.99. The minimum atomic E-state index is 0.714. The molecular weight excluding hydrogens is 200 g/mol. The summed E-state index contributed by atoms with van der Waals surface area (Å²) in [7, 11) is 0. The van der Waals surface area contributed by atoms with Gasteiger partial charge in [-0.05, 0) is 24.6 Å². The summed E-state index contributed by atoms with van der Waals surface area (Å²) in [4.78, 5) is 13.2. The van der Waals surface area contributed by atoms with Crippen molar-refractivity contribution in [3.8, 4) is 11.5 Å². The van der Waals surface area contributed by atoms with E-state index in [1.807, 2.05) is 25.3 Å². The van der Waals surface area contributed by atoms with Gasteiger partial charge in [-0.15, -0.1) is 0 Å². The van der Waals surface area contributed by atoms with E-state index in [4.69, 9.17) is 0 Å². The molecule has 0 saturated heterocycles. The van der Waals surface area contributed by atoms with Crippen molar-refractivity contribution in [3.63, 3.8) is 0 Å². The third kappa shape index (κ3) is 1.57. The minimum absolute atomic E-state index is 0.714. The number of nitrogens with one attached hydrogen (secondary N) is 1. The fourth-order valence-electron chi connectivity index (χ4n) is 1.84. The van der Waals surface area contributed by atoms with Gasteiger partial charge in [-0.25, -0.2) is 9.97 Å². The lowest BCUT2D eigenvalue weighted by Gasteiger charge is -2.02. The Morgan fingerprint density at radius 3 is 3.06 bits per heavy atom. The fraction of sp³-hybridized carbons (Fsp3) is 0.250.